The van der Waals surface area contributed by atoms with Gasteiger partial charge in [0.1, 0.15) is 13.1 Å². The summed E-state index contributed by atoms with van der Waals surface area (Å²) in [5.41, 5.74) is 0.671. The van der Waals surface area contributed by atoms with Gasteiger partial charge in [-0.25, -0.2) is 0 Å². The number of nitrogens with zero attached hydrogens (tertiary/aromatic N) is 1. The summed E-state index contributed by atoms with van der Waals surface area (Å²) in [5.74, 6) is -3.24. The number of halogens is 1. The molecule has 2 N–H and O–H groups in total. The van der Waals surface area contributed by atoms with Gasteiger partial charge in [0.05, 0.1) is 0 Å². The van der Waals surface area contributed by atoms with Crippen LogP contribution in [0.5, 0.6) is 0 Å². The number of hydrogen-bond donors (Lipinski definition) is 2. The fraction of sp³-hybridized carbons (Fsp3) is 0.250. The molecule has 0 atom stereocenters. The molecular formula is C12H12ClNO5. The molecule has 7 heteroatoms. The van der Waals surface area contributed by atoms with E-state index < -0.39 is 30.9 Å². The number of carboxylic acids is 2. The summed E-state index contributed by atoms with van der Waals surface area (Å²) in [6.07, 6.45) is 0. The molecule has 1 amide bonds. The van der Waals surface area contributed by atoms with Gasteiger partial charge in [0.25, 0.3) is 5.91 Å². The number of rotatable bonds is 5. The first-order valence-electron chi connectivity index (χ1n) is 5.31. The maximum absolute atomic E-state index is 12.1. The Kier molecular flexibility index (Phi) is 4.88. The molecule has 0 unspecified atom stereocenters. The fourth-order valence-electron chi connectivity index (χ4n) is 1.54. The lowest BCUT2D eigenvalue weighted by Crippen LogP contribution is -2.39. The summed E-state index contributed by atoms with van der Waals surface area (Å²) in [6, 6.07) is 4.61. The predicted octanol–water partition coefficient (Wildman–Crippen LogP) is 1.26. The van der Waals surface area contributed by atoms with Crippen molar-refractivity contribution in [3.8, 4) is 0 Å². The first-order chi connectivity index (χ1) is 8.82. The summed E-state index contributed by atoms with van der Waals surface area (Å²) in [7, 11) is 0. The Hall–Kier alpha value is -2.08. The van der Waals surface area contributed by atoms with E-state index >= 15 is 0 Å². The van der Waals surface area contributed by atoms with E-state index in [1.807, 2.05) is 0 Å². The lowest BCUT2D eigenvalue weighted by Gasteiger charge is -2.19. The highest BCUT2D eigenvalue weighted by Crippen LogP contribution is 2.20. The Morgan fingerprint density at radius 1 is 1.16 bits per heavy atom. The smallest absolute Gasteiger partial charge is 0.323 e. The molecule has 6 nitrogen and oxygen atoms in total. The molecule has 0 spiro atoms. The second-order valence-electron chi connectivity index (χ2n) is 3.86. The van der Waals surface area contributed by atoms with Crippen LogP contribution >= 0.6 is 11.6 Å². The van der Waals surface area contributed by atoms with Crippen molar-refractivity contribution in [3.05, 3.63) is 34.3 Å². The molecule has 0 heterocycles. The molecule has 1 aromatic carbocycles. The number of benzene rings is 1. The molecule has 0 aliphatic carbocycles. The minimum Gasteiger partial charge on any atom is -0.480 e. The Morgan fingerprint density at radius 3 is 2.16 bits per heavy atom. The van der Waals surface area contributed by atoms with E-state index in [-0.39, 0.29) is 5.56 Å². The van der Waals surface area contributed by atoms with Crippen LogP contribution in [0.15, 0.2) is 18.2 Å². The van der Waals surface area contributed by atoms with Gasteiger partial charge >= 0.3 is 11.9 Å². The SMILES string of the molecule is Cc1c(Cl)cccc1C(=O)N(CC(=O)O)CC(=O)O. The van der Waals surface area contributed by atoms with Crippen molar-refractivity contribution in [1.82, 2.24) is 4.90 Å². The molecule has 0 bridgehead atoms. The summed E-state index contributed by atoms with van der Waals surface area (Å²) in [4.78, 5) is 34.2. The van der Waals surface area contributed by atoms with Crippen molar-refractivity contribution in [3.63, 3.8) is 0 Å². The Balaban J connectivity index is 3.07. The molecule has 0 aromatic heterocycles. The predicted molar refractivity (Wildman–Crippen MR) is 67.4 cm³/mol. The van der Waals surface area contributed by atoms with E-state index in [1.165, 1.54) is 6.07 Å². The van der Waals surface area contributed by atoms with E-state index in [9.17, 15) is 14.4 Å². The van der Waals surface area contributed by atoms with E-state index in [0.29, 0.717) is 10.6 Å². The van der Waals surface area contributed by atoms with Crippen molar-refractivity contribution in [2.24, 2.45) is 0 Å². The second kappa shape index (κ2) is 6.19. The van der Waals surface area contributed by atoms with Gasteiger partial charge in [-0.3, -0.25) is 14.4 Å². The van der Waals surface area contributed by atoms with Crippen LogP contribution in [-0.2, 0) is 9.59 Å². The van der Waals surface area contributed by atoms with Crippen LogP contribution in [0.4, 0.5) is 0 Å². The number of carboxylic acid groups (broad SMARTS) is 2. The van der Waals surface area contributed by atoms with E-state index in [0.717, 1.165) is 4.90 Å². The maximum atomic E-state index is 12.1. The molecule has 0 radical (unpaired) electrons. The molecule has 1 rings (SSSR count). The van der Waals surface area contributed by atoms with E-state index in [1.54, 1.807) is 19.1 Å². The van der Waals surface area contributed by atoms with Gasteiger partial charge < -0.3 is 15.1 Å². The highest BCUT2D eigenvalue weighted by Gasteiger charge is 2.22. The van der Waals surface area contributed by atoms with Crippen LogP contribution < -0.4 is 0 Å². The molecule has 0 aliphatic heterocycles. The number of aliphatic carboxylic acids is 2. The van der Waals surface area contributed by atoms with Crippen LogP contribution in [0.3, 0.4) is 0 Å². The van der Waals surface area contributed by atoms with Crippen molar-refractivity contribution in [2.45, 2.75) is 6.92 Å². The van der Waals surface area contributed by atoms with Gasteiger partial charge in [-0.1, -0.05) is 17.7 Å². The van der Waals surface area contributed by atoms with Crippen molar-refractivity contribution < 1.29 is 24.6 Å². The average Bonchev–Trinajstić information content (AvgIpc) is 2.30. The summed E-state index contributed by atoms with van der Waals surface area (Å²) in [6.45, 7) is 0.240. The molecule has 0 saturated carbocycles. The number of amides is 1. The monoisotopic (exact) mass is 285 g/mol. The number of carbonyl (C=O) groups is 3. The Bertz CT molecular complexity index is 513. The van der Waals surface area contributed by atoms with Gasteiger partial charge in [-0.15, -0.1) is 0 Å². The highest BCUT2D eigenvalue weighted by atomic mass is 35.5. The molecule has 19 heavy (non-hydrogen) atoms. The van der Waals surface area contributed by atoms with Crippen LogP contribution in [-0.4, -0.2) is 46.0 Å². The lowest BCUT2D eigenvalue weighted by molar-refractivity contribution is -0.140. The van der Waals surface area contributed by atoms with Crippen LogP contribution in [0.1, 0.15) is 15.9 Å². The normalized spacial score (nSPS) is 10.0. The van der Waals surface area contributed by atoms with Gasteiger partial charge in [0, 0.05) is 10.6 Å². The number of carbonyl (C=O) groups excluding carboxylic acids is 1. The quantitative estimate of drug-likeness (QED) is 0.849. The van der Waals surface area contributed by atoms with Gasteiger partial charge in [-0.05, 0) is 24.6 Å². The molecule has 0 aliphatic rings. The number of hydrogen-bond acceptors (Lipinski definition) is 3. The second-order valence-corrected chi connectivity index (χ2v) is 4.27. The van der Waals surface area contributed by atoms with Crippen LogP contribution in [0.2, 0.25) is 5.02 Å². The van der Waals surface area contributed by atoms with Crippen LogP contribution in [0.25, 0.3) is 0 Å². The fourth-order valence-corrected chi connectivity index (χ4v) is 1.71. The van der Waals surface area contributed by atoms with Gasteiger partial charge in [0.15, 0.2) is 0 Å². The van der Waals surface area contributed by atoms with Gasteiger partial charge in [-0.2, -0.15) is 0 Å². The molecule has 0 fully saturated rings. The first kappa shape index (κ1) is 15.0. The van der Waals surface area contributed by atoms with Crippen LogP contribution in [0, 0.1) is 6.92 Å². The van der Waals surface area contributed by atoms with Crippen molar-refractivity contribution in [1.29, 1.82) is 0 Å². The Labute approximate surface area is 114 Å². The van der Waals surface area contributed by atoms with Crippen molar-refractivity contribution >= 4 is 29.4 Å². The summed E-state index contributed by atoms with van der Waals surface area (Å²) in [5, 5.41) is 17.8. The first-order valence-corrected chi connectivity index (χ1v) is 5.68. The molecular weight excluding hydrogens is 274 g/mol. The molecule has 102 valence electrons. The minimum absolute atomic E-state index is 0.190. The zero-order valence-electron chi connectivity index (χ0n) is 10.1. The van der Waals surface area contributed by atoms with Crippen molar-refractivity contribution in [2.75, 3.05) is 13.1 Å². The Morgan fingerprint density at radius 2 is 1.68 bits per heavy atom. The average molecular weight is 286 g/mol. The third-order valence-corrected chi connectivity index (χ3v) is 2.85. The largest absolute Gasteiger partial charge is 0.480 e. The van der Waals surface area contributed by atoms with Gasteiger partial charge in [0.2, 0.25) is 0 Å². The topological polar surface area (TPSA) is 94.9 Å². The zero-order valence-corrected chi connectivity index (χ0v) is 10.8. The van der Waals surface area contributed by atoms with E-state index in [2.05, 4.69) is 0 Å². The summed E-state index contributed by atoms with van der Waals surface area (Å²) < 4.78 is 0. The molecule has 1 aromatic rings. The molecule has 0 saturated heterocycles. The zero-order chi connectivity index (χ0) is 14.6. The summed E-state index contributed by atoms with van der Waals surface area (Å²) >= 11 is 5.87. The third-order valence-electron chi connectivity index (χ3n) is 2.44. The highest BCUT2D eigenvalue weighted by molar-refractivity contribution is 6.31. The van der Waals surface area contributed by atoms with E-state index in [4.69, 9.17) is 21.8 Å². The lowest BCUT2D eigenvalue weighted by atomic mass is 10.1. The standard InChI is InChI=1S/C12H12ClNO5/c1-7-8(3-2-4-9(7)13)12(19)14(5-10(15)16)6-11(17)18/h2-4H,5-6H2,1H3,(H,15,16)(H,17,18). The minimum atomic E-state index is -1.28. The maximum Gasteiger partial charge on any atom is 0.323 e. The third kappa shape index (κ3) is 3.96.